The Labute approximate surface area is 104 Å². The number of carbonyl (C=O) groups is 2. The molecule has 1 aromatic rings. The predicted octanol–water partition coefficient (Wildman–Crippen LogP) is 0.924. The van der Waals surface area contributed by atoms with E-state index in [4.69, 9.17) is 9.47 Å². The number of carbonyl (C=O) groups excluding carboxylic acids is 2. The third kappa shape index (κ3) is 1.64. The van der Waals surface area contributed by atoms with Gasteiger partial charge in [-0.05, 0) is 12.1 Å². The molecule has 1 amide bonds. The highest BCUT2D eigenvalue weighted by Gasteiger charge is 2.45. The zero-order chi connectivity index (χ0) is 12.5. The van der Waals surface area contributed by atoms with E-state index in [9.17, 15) is 9.59 Å². The van der Waals surface area contributed by atoms with Gasteiger partial charge in [-0.3, -0.25) is 9.69 Å². The van der Waals surface area contributed by atoms with Crippen molar-refractivity contribution in [3.63, 3.8) is 0 Å². The molecule has 0 N–H and O–H groups in total. The van der Waals surface area contributed by atoms with Gasteiger partial charge in [-0.25, -0.2) is 4.79 Å². The third-order valence-corrected chi connectivity index (χ3v) is 3.01. The van der Waals surface area contributed by atoms with Crippen molar-refractivity contribution in [3.05, 3.63) is 48.4 Å². The van der Waals surface area contributed by atoms with Gasteiger partial charge < -0.3 is 9.47 Å². The van der Waals surface area contributed by atoms with Crippen molar-refractivity contribution in [3.8, 4) is 0 Å². The predicted molar refractivity (Wildman–Crippen MR) is 61.4 cm³/mol. The Hall–Kier alpha value is -2.30. The number of ether oxygens (including phenoxy) is 2. The molecule has 1 saturated heterocycles. The fraction of sp³-hybridized carbons (Fsp3) is 0.231. The topological polar surface area (TPSA) is 55.8 Å². The number of esters is 1. The molecule has 0 saturated carbocycles. The largest absolute Gasteiger partial charge is 0.490 e. The first-order valence-electron chi connectivity index (χ1n) is 5.64. The Morgan fingerprint density at radius 2 is 2.06 bits per heavy atom. The quantitative estimate of drug-likeness (QED) is 0.690. The smallest absolute Gasteiger partial charge is 0.333 e. The molecule has 2 heterocycles. The van der Waals surface area contributed by atoms with Gasteiger partial charge in [0, 0.05) is 11.8 Å². The highest BCUT2D eigenvalue weighted by molar-refractivity contribution is 5.98. The second kappa shape index (κ2) is 4.18. The lowest BCUT2D eigenvalue weighted by molar-refractivity contribution is -0.141. The minimum absolute atomic E-state index is 0.187. The van der Waals surface area contributed by atoms with Gasteiger partial charge in [-0.2, -0.15) is 0 Å². The first-order valence-corrected chi connectivity index (χ1v) is 5.64. The summed E-state index contributed by atoms with van der Waals surface area (Å²) in [6, 6.07) is 8.13. The van der Waals surface area contributed by atoms with Crippen LogP contribution < -0.4 is 0 Å². The average molecular weight is 245 g/mol. The van der Waals surface area contributed by atoms with Crippen LogP contribution in [0.4, 0.5) is 0 Å². The van der Waals surface area contributed by atoms with E-state index in [1.54, 1.807) is 24.3 Å². The van der Waals surface area contributed by atoms with E-state index in [1.807, 2.05) is 6.07 Å². The normalized spacial score (nSPS) is 25.3. The standard InChI is InChI=1S/C13H11NO4/c15-12(9-4-2-1-3-5-9)14-6-7-17-10-8-18-13(16)11(10)14/h1-7,10-11H,8H2/t10-,11-/m1/s1. The fourth-order valence-corrected chi connectivity index (χ4v) is 2.12. The van der Waals surface area contributed by atoms with Crippen LogP contribution in [0.1, 0.15) is 10.4 Å². The van der Waals surface area contributed by atoms with Crippen LogP contribution in [0.25, 0.3) is 0 Å². The second-order valence-electron chi connectivity index (χ2n) is 4.11. The molecule has 1 fully saturated rings. The number of cyclic esters (lactones) is 1. The second-order valence-corrected chi connectivity index (χ2v) is 4.11. The SMILES string of the molecule is O=C1OC[C@H]2OC=CN(C(=O)c3ccccc3)[C@@H]12. The molecule has 2 atom stereocenters. The van der Waals surface area contributed by atoms with Crippen LogP contribution >= 0.6 is 0 Å². The summed E-state index contributed by atoms with van der Waals surface area (Å²) in [5.74, 6) is -0.655. The Balaban J connectivity index is 1.91. The molecule has 5 heteroatoms. The summed E-state index contributed by atoms with van der Waals surface area (Å²) >= 11 is 0. The number of hydrogen-bond donors (Lipinski definition) is 0. The third-order valence-electron chi connectivity index (χ3n) is 3.01. The highest BCUT2D eigenvalue weighted by Crippen LogP contribution is 2.24. The number of hydrogen-bond acceptors (Lipinski definition) is 4. The Morgan fingerprint density at radius 1 is 1.28 bits per heavy atom. The molecule has 0 aliphatic carbocycles. The molecule has 0 aromatic heterocycles. The van der Waals surface area contributed by atoms with Gasteiger partial charge in [0.1, 0.15) is 6.61 Å². The molecule has 3 rings (SSSR count). The Kier molecular flexibility index (Phi) is 2.51. The molecule has 0 spiro atoms. The molecule has 2 aliphatic heterocycles. The van der Waals surface area contributed by atoms with Crippen LogP contribution in [0, 0.1) is 0 Å². The number of nitrogens with zero attached hydrogens (tertiary/aromatic N) is 1. The lowest BCUT2D eigenvalue weighted by Gasteiger charge is -2.29. The Morgan fingerprint density at radius 3 is 2.83 bits per heavy atom. The molecular formula is C13H11NO4. The van der Waals surface area contributed by atoms with Crippen molar-refractivity contribution >= 4 is 11.9 Å². The van der Waals surface area contributed by atoms with Crippen LogP contribution in [0.5, 0.6) is 0 Å². The average Bonchev–Trinajstić information content (AvgIpc) is 2.81. The van der Waals surface area contributed by atoms with Gasteiger partial charge in [0.15, 0.2) is 12.1 Å². The van der Waals surface area contributed by atoms with Crippen molar-refractivity contribution < 1.29 is 19.1 Å². The zero-order valence-corrected chi connectivity index (χ0v) is 9.48. The van der Waals surface area contributed by atoms with Gasteiger partial charge in [0.05, 0.1) is 6.26 Å². The summed E-state index contributed by atoms with van der Waals surface area (Å²) < 4.78 is 10.2. The van der Waals surface area contributed by atoms with E-state index in [0.29, 0.717) is 5.56 Å². The van der Waals surface area contributed by atoms with Gasteiger partial charge >= 0.3 is 5.97 Å². The van der Waals surface area contributed by atoms with Crippen LogP contribution in [-0.4, -0.2) is 35.5 Å². The lowest BCUT2D eigenvalue weighted by Crippen LogP contribution is -2.48. The molecule has 92 valence electrons. The van der Waals surface area contributed by atoms with Gasteiger partial charge in [-0.1, -0.05) is 18.2 Å². The molecule has 5 nitrogen and oxygen atoms in total. The molecule has 0 unspecified atom stereocenters. The first kappa shape index (κ1) is 10.8. The number of fused-ring (bicyclic) bond motifs is 1. The monoisotopic (exact) mass is 245 g/mol. The van der Waals surface area contributed by atoms with Crippen LogP contribution in [0.2, 0.25) is 0 Å². The molecule has 0 radical (unpaired) electrons. The number of amides is 1. The van der Waals surface area contributed by atoms with E-state index >= 15 is 0 Å². The molecule has 1 aromatic carbocycles. The van der Waals surface area contributed by atoms with Crippen LogP contribution in [0.3, 0.4) is 0 Å². The van der Waals surface area contributed by atoms with Gasteiger partial charge in [0.25, 0.3) is 5.91 Å². The maximum Gasteiger partial charge on any atom is 0.333 e. The van der Waals surface area contributed by atoms with Crippen molar-refractivity contribution in [2.45, 2.75) is 12.1 Å². The number of benzene rings is 1. The molecular weight excluding hydrogens is 234 g/mol. The lowest BCUT2D eigenvalue weighted by atomic mass is 10.1. The summed E-state index contributed by atoms with van der Waals surface area (Å²) in [5, 5.41) is 0. The fourth-order valence-electron chi connectivity index (χ4n) is 2.12. The van der Waals surface area contributed by atoms with E-state index in [2.05, 4.69) is 0 Å². The van der Waals surface area contributed by atoms with Gasteiger partial charge in [0.2, 0.25) is 0 Å². The molecule has 18 heavy (non-hydrogen) atoms. The van der Waals surface area contributed by atoms with E-state index in [-0.39, 0.29) is 12.5 Å². The zero-order valence-electron chi connectivity index (χ0n) is 9.48. The minimum atomic E-state index is -0.678. The summed E-state index contributed by atoms with van der Waals surface area (Å²) in [6.45, 7) is 0.187. The van der Waals surface area contributed by atoms with Crippen molar-refractivity contribution in [1.29, 1.82) is 0 Å². The van der Waals surface area contributed by atoms with Crippen LogP contribution in [0.15, 0.2) is 42.8 Å². The molecule has 2 aliphatic rings. The van der Waals surface area contributed by atoms with E-state index < -0.39 is 18.1 Å². The van der Waals surface area contributed by atoms with E-state index in [0.717, 1.165) is 0 Å². The summed E-state index contributed by atoms with van der Waals surface area (Å²) in [6.07, 6.45) is 2.49. The first-order chi connectivity index (χ1) is 8.77. The van der Waals surface area contributed by atoms with Crippen molar-refractivity contribution in [2.24, 2.45) is 0 Å². The maximum absolute atomic E-state index is 12.3. The van der Waals surface area contributed by atoms with Crippen molar-refractivity contribution in [2.75, 3.05) is 6.61 Å². The minimum Gasteiger partial charge on any atom is -0.490 e. The molecule has 0 bridgehead atoms. The van der Waals surface area contributed by atoms with Crippen molar-refractivity contribution in [1.82, 2.24) is 4.90 Å². The maximum atomic E-state index is 12.3. The summed E-state index contributed by atoms with van der Waals surface area (Å²) in [7, 11) is 0. The number of rotatable bonds is 1. The van der Waals surface area contributed by atoms with Gasteiger partial charge in [-0.15, -0.1) is 0 Å². The van der Waals surface area contributed by atoms with Crippen LogP contribution in [-0.2, 0) is 14.3 Å². The Bertz CT molecular complexity index is 511. The summed E-state index contributed by atoms with van der Waals surface area (Å²) in [4.78, 5) is 25.3. The highest BCUT2D eigenvalue weighted by atomic mass is 16.6. The van der Waals surface area contributed by atoms with E-state index in [1.165, 1.54) is 17.4 Å². The summed E-state index contributed by atoms with van der Waals surface area (Å²) in [5.41, 5.74) is 0.530.